The third-order valence-corrected chi connectivity index (χ3v) is 8.56. The van der Waals surface area contributed by atoms with Crippen molar-refractivity contribution >= 4 is 36.8 Å². The fourth-order valence-corrected chi connectivity index (χ4v) is 6.91. The van der Waals surface area contributed by atoms with Crippen LogP contribution in [0.15, 0.2) is 59.5 Å². The summed E-state index contributed by atoms with van der Waals surface area (Å²) in [7, 11) is -3.28. The summed E-state index contributed by atoms with van der Waals surface area (Å²) in [6.45, 7) is 1.58. The number of para-hydroxylation sites is 1. The Morgan fingerprint density at radius 2 is 1.91 bits per heavy atom. The average molecular weight is 477 g/mol. The highest BCUT2D eigenvalue weighted by Gasteiger charge is 2.36. The third kappa shape index (κ3) is 6.69. The van der Waals surface area contributed by atoms with Gasteiger partial charge in [0, 0.05) is 16.8 Å². The summed E-state index contributed by atoms with van der Waals surface area (Å²) in [4.78, 5) is 26.7. The molecule has 0 saturated carbocycles. The van der Waals surface area contributed by atoms with Crippen LogP contribution in [0.1, 0.15) is 25.3 Å². The van der Waals surface area contributed by atoms with Crippen molar-refractivity contribution in [3.8, 4) is 0 Å². The van der Waals surface area contributed by atoms with Gasteiger partial charge in [0.2, 0.25) is 5.91 Å². The fraction of sp³-hybridized carbons (Fsp3) is 0.391. The summed E-state index contributed by atoms with van der Waals surface area (Å²) in [6.07, 6.45) is 2.74. The third-order valence-electron chi connectivity index (χ3n) is 5.12. The van der Waals surface area contributed by atoms with Gasteiger partial charge in [0.05, 0.1) is 12.3 Å². The normalized spacial score (nSPS) is 18.0. The number of hydrogen-bond donors (Lipinski definition) is 2. The van der Waals surface area contributed by atoms with Gasteiger partial charge in [-0.2, -0.15) is 0 Å². The van der Waals surface area contributed by atoms with Crippen molar-refractivity contribution in [2.24, 2.45) is 0 Å². The number of nitrogens with one attached hydrogen (secondary N) is 1. The van der Waals surface area contributed by atoms with Crippen LogP contribution in [0.3, 0.4) is 0 Å². The van der Waals surface area contributed by atoms with E-state index in [1.54, 1.807) is 19.1 Å². The number of nitrogens with zero attached hydrogens (tertiary/aromatic N) is 1. The van der Waals surface area contributed by atoms with Crippen LogP contribution in [0, 0.1) is 0 Å². The van der Waals surface area contributed by atoms with Gasteiger partial charge < -0.3 is 9.63 Å². The second-order valence-corrected chi connectivity index (χ2v) is 10.9. The first-order valence-electron chi connectivity index (χ1n) is 10.7. The van der Waals surface area contributed by atoms with Gasteiger partial charge in [0.25, 0.3) is 7.52 Å². The van der Waals surface area contributed by atoms with Crippen molar-refractivity contribution in [3.05, 3.63) is 60.2 Å². The summed E-state index contributed by atoms with van der Waals surface area (Å²) < 4.78 is 19.1. The van der Waals surface area contributed by atoms with Gasteiger partial charge in [-0.25, -0.2) is 5.09 Å². The zero-order valence-corrected chi connectivity index (χ0v) is 19.8. The molecule has 0 aliphatic carbocycles. The van der Waals surface area contributed by atoms with Crippen molar-refractivity contribution in [2.45, 2.75) is 37.1 Å². The van der Waals surface area contributed by atoms with Crippen LogP contribution < -0.4 is 9.99 Å². The standard InChI is InChI=1S/C23H29N2O5PS/c1-2-30-31(29,15-9-8-12-18-10-4-3-5-11-18)24-19-17-32-21-14-7-6-13-20(21)25(23(19)28)16-22(26)27/h3-7,10-11,13-14,19H,2,8-9,12,15-17H2,1H3,(H,24,29)(H,26,27). The summed E-state index contributed by atoms with van der Waals surface area (Å²) in [6, 6.07) is 16.5. The van der Waals surface area contributed by atoms with Gasteiger partial charge in [0.1, 0.15) is 12.6 Å². The summed E-state index contributed by atoms with van der Waals surface area (Å²) in [5.41, 5.74) is 1.78. The lowest BCUT2D eigenvalue weighted by molar-refractivity contribution is -0.136. The van der Waals surface area contributed by atoms with Crippen molar-refractivity contribution in [2.75, 3.05) is 30.0 Å². The van der Waals surface area contributed by atoms with E-state index in [1.807, 2.05) is 30.3 Å². The lowest BCUT2D eigenvalue weighted by Gasteiger charge is -2.27. The summed E-state index contributed by atoms with van der Waals surface area (Å²) >= 11 is 1.44. The van der Waals surface area contributed by atoms with Crippen LogP contribution in [0.25, 0.3) is 0 Å². The topological polar surface area (TPSA) is 95.9 Å². The largest absolute Gasteiger partial charge is 0.480 e. The van der Waals surface area contributed by atoms with Crippen LogP contribution >= 0.6 is 19.3 Å². The number of rotatable bonds is 11. The minimum Gasteiger partial charge on any atom is -0.480 e. The maximum absolute atomic E-state index is 13.5. The van der Waals surface area contributed by atoms with Gasteiger partial charge in [-0.15, -0.1) is 11.8 Å². The number of thioether (sulfide) groups is 1. The predicted molar refractivity (Wildman–Crippen MR) is 128 cm³/mol. The Morgan fingerprint density at radius 3 is 2.62 bits per heavy atom. The predicted octanol–water partition coefficient (Wildman–Crippen LogP) is 4.42. The lowest BCUT2D eigenvalue weighted by Crippen LogP contribution is -2.48. The molecule has 1 amide bonds. The maximum atomic E-state index is 13.5. The number of hydrogen-bond acceptors (Lipinski definition) is 5. The van der Waals surface area contributed by atoms with E-state index in [4.69, 9.17) is 4.52 Å². The number of aliphatic carboxylic acids is 1. The molecule has 3 rings (SSSR count). The monoisotopic (exact) mass is 476 g/mol. The molecular formula is C23H29N2O5PS. The van der Waals surface area contributed by atoms with Crippen LogP contribution in [-0.2, 0) is 25.1 Å². The van der Waals surface area contributed by atoms with Crippen LogP contribution in [0.4, 0.5) is 5.69 Å². The molecule has 2 N–H and O–H groups in total. The molecule has 2 aromatic rings. The molecular weight excluding hydrogens is 447 g/mol. The number of carbonyl (C=O) groups is 2. The maximum Gasteiger partial charge on any atom is 0.323 e. The molecule has 0 spiro atoms. The Balaban J connectivity index is 1.69. The molecule has 0 saturated heterocycles. The molecule has 0 bridgehead atoms. The molecule has 0 fully saturated rings. The zero-order chi connectivity index (χ0) is 23.0. The number of fused-ring (bicyclic) bond motifs is 1. The minimum atomic E-state index is -3.28. The lowest BCUT2D eigenvalue weighted by atomic mass is 10.1. The highest BCUT2D eigenvalue weighted by atomic mass is 32.2. The molecule has 1 heterocycles. The Morgan fingerprint density at radius 1 is 1.19 bits per heavy atom. The average Bonchev–Trinajstić information content (AvgIpc) is 2.90. The Hall–Kier alpha value is -2.12. The number of aryl methyl sites for hydroxylation is 1. The Labute approximate surface area is 193 Å². The van der Waals surface area contributed by atoms with E-state index in [9.17, 15) is 19.3 Å². The highest BCUT2D eigenvalue weighted by Crippen LogP contribution is 2.45. The molecule has 1 aliphatic rings. The Kier molecular flexibility index (Phi) is 8.93. The quantitative estimate of drug-likeness (QED) is 0.366. The van der Waals surface area contributed by atoms with Crippen molar-refractivity contribution in [1.82, 2.24) is 5.09 Å². The molecule has 7 nitrogen and oxygen atoms in total. The highest BCUT2D eigenvalue weighted by molar-refractivity contribution is 7.99. The van der Waals surface area contributed by atoms with E-state index in [1.165, 1.54) is 22.2 Å². The number of carboxylic acid groups (broad SMARTS) is 1. The minimum absolute atomic E-state index is 0.260. The number of benzene rings is 2. The number of carbonyl (C=O) groups excluding carboxylic acids is 1. The van der Waals surface area contributed by atoms with Gasteiger partial charge in [0.15, 0.2) is 0 Å². The second kappa shape index (κ2) is 11.7. The first-order chi connectivity index (χ1) is 15.4. The van der Waals surface area contributed by atoms with Gasteiger partial charge in [-0.3, -0.25) is 19.1 Å². The molecule has 0 aromatic heterocycles. The van der Waals surface area contributed by atoms with Gasteiger partial charge in [-0.1, -0.05) is 42.5 Å². The molecule has 172 valence electrons. The molecule has 1 aliphatic heterocycles. The molecule has 2 unspecified atom stereocenters. The van der Waals surface area contributed by atoms with Crippen molar-refractivity contribution in [1.29, 1.82) is 0 Å². The molecule has 9 heteroatoms. The number of anilines is 1. The second-order valence-electron chi connectivity index (χ2n) is 7.54. The van der Waals surface area contributed by atoms with Crippen LogP contribution in [-0.4, -0.2) is 48.1 Å². The van der Waals surface area contributed by atoms with E-state index in [-0.39, 0.29) is 6.61 Å². The zero-order valence-electron chi connectivity index (χ0n) is 18.1. The smallest absolute Gasteiger partial charge is 0.323 e. The van der Waals surface area contributed by atoms with E-state index in [0.29, 0.717) is 24.0 Å². The number of unbranched alkanes of at least 4 members (excludes halogenated alkanes) is 1. The SMILES string of the molecule is CCOP(=O)(CCCCc1ccccc1)NC1CSc2ccccc2N(CC(=O)O)C1=O. The Bertz CT molecular complexity index is 972. The van der Waals surface area contributed by atoms with E-state index in [0.717, 1.165) is 17.7 Å². The molecule has 0 radical (unpaired) electrons. The first-order valence-corrected chi connectivity index (χ1v) is 13.5. The number of carboxylic acids is 1. The van der Waals surface area contributed by atoms with Crippen molar-refractivity contribution in [3.63, 3.8) is 0 Å². The van der Waals surface area contributed by atoms with Crippen LogP contribution in [0.2, 0.25) is 0 Å². The fourth-order valence-electron chi connectivity index (χ4n) is 3.65. The molecule has 2 aromatic carbocycles. The van der Waals surface area contributed by atoms with Gasteiger partial charge in [-0.05, 0) is 43.9 Å². The van der Waals surface area contributed by atoms with E-state index >= 15 is 0 Å². The number of amides is 1. The summed E-state index contributed by atoms with van der Waals surface area (Å²) in [5, 5.41) is 12.3. The first kappa shape index (κ1) is 24.5. The van der Waals surface area contributed by atoms with E-state index < -0.39 is 32.0 Å². The van der Waals surface area contributed by atoms with E-state index in [2.05, 4.69) is 17.2 Å². The van der Waals surface area contributed by atoms with Crippen LogP contribution in [0.5, 0.6) is 0 Å². The molecule has 2 atom stereocenters. The van der Waals surface area contributed by atoms with Gasteiger partial charge >= 0.3 is 5.97 Å². The van der Waals surface area contributed by atoms with Crippen molar-refractivity contribution < 1.29 is 23.8 Å². The summed E-state index contributed by atoms with van der Waals surface area (Å²) in [5.74, 6) is -1.17. The molecule has 32 heavy (non-hydrogen) atoms.